The summed E-state index contributed by atoms with van der Waals surface area (Å²) in [5.74, 6) is 1.40. The lowest BCUT2D eigenvalue weighted by atomic mass is 10.3. The number of aromatic nitrogens is 3. The predicted molar refractivity (Wildman–Crippen MR) is 59.0 cm³/mol. The quantitative estimate of drug-likeness (QED) is 0.841. The van der Waals surface area contributed by atoms with Crippen LogP contribution in [-0.2, 0) is 6.54 Å². The van der Waals surface area contributed by atoms with Crippen molar-refractivity contribution in [2.24, 2.45) is 5.73 Å². The van der Waals surface area contributed by atoms with Crippen LogP contribution in [0.25, 0.3) is 5.69 Å². The van der Waals surface area contributed by atoms with Gasteiger partial charge >= 0.3 is 0 Å². The highest BCUT2D eigenvalue weighted by atomic mass is 35.5. The van der Waals surface area contributed by atoms with Gasteiger partial charge in [0, 0.05) is 0 Å². The van der Waals surface area contributed by atoms with E-state index in [4.69, 9.17) is 17.3 Å². The van der Waals surface area contributed by atoms with Crippen molar-refractivity contribution >= 4 is 11.6 Å². The topological polar surface area (TPSA) is 56.7 Å². The maximum Gasteiger partial charge on any atom is 0.164 e. The van der Waals surface area contributed by atoms with Gasteiger partial charge in [0.05, 0.1) is 17.3 Å². The lowest BCUT2D eigenvalue weighted by Crippen LogP contribution is -2.02. The second kappa shape index (κ2) is 4.00. The molecular formula is C10H11ClN4. The molecule has 1 aromatic carbocycles. The molecule has 0 aliphatic rings. The third-order valence-electron chi connectivity index (χ3n) is 2.08. The summed E-state index contributed by atoms with van der Waals surface area (Å²) in [6, 6.07) is 7.50. The summed E-state index contributed by atoms with van der Waals surface area (Å²) in [6.07, 6.45) is 0. The van der Waals surface area contributed by atoms with Gasteiger partial charge in [-0.2, -0.15) is 0 Å². The molecule has 0 saturated carbocycles. The normalized spacial score (nSPS) is 10.6. The van der Waals surface area contributed by atoms with Crippen molar-refractivity contribution in [2.45, 2.75) is 13.5 Å². The minimum Gasteiger partial charge on any atom is -0.324 e. The Morgan fingerprint density at radius 3 is 2.73 bits per heavy atom. The van der Waals surface area contributed by atoms with Crippen molar-refractivity contribution in [2.75, 3.05) is 0 Å². The molecule has 0 spiro atoms. The lowest BCUT2D eigenvalue weighted by molar-refractivity contribution is 0.812. The van der Waals surface area contributed by atoms with Crippen molar-refractivity contribution < 1.29 is 0 Å². The molecule has 2 N–H and O–H groups in total. The van der Waals surface area contributed by atoms with Gasteiger partial charge in [-0.3, -0.25) is 0 Å². The third kappa shape index (κ3) is 1.86. The number of hydrogen-bond acceptors (Lipinski definition) is 3. The van der Waals surface area contributed by atoms with Crippen LogP contribution < -0.4 is 5.73 Å². The van der Waals surface area contributed by atoms with Gasteiger partial charge in [0.15, 0.2) is 5.82 Å². The zero-order valence-electron chi connectivity index (χ0n) is 8.31. The largest absolute Gasteiger partial charge is 0.324 e. The number of nitrogens with two attached hydrogens (primary N) is 1. The standard InChI is InChI=1S/C10H11ClN4/c1-7-13-10(6-12)14-15(7)9-5-3-2-4-8(9)11/h2-5H,6,12H2,1H3. The van der Waals surface area contributed by atoms with E-state index < -0.39 is 0 Å². The molecule has 2 aromatic rings. The number of nitrogens with zero attached hydrogens (tertiary/aromatic N) is 3. The molecule has 1 heterocycles. The highest BCUT2D eigenvalue weighted by Gasteiger charge is 2.08. The molecule has 15 heavy (non-hydrogen) atoms. The summed E-state index contributed by atoms with van der Waals surface area (Å²) in [5, 5.41) is 4.90. The van der Waals surface area contributed by atoms with E-state index in [2.05, 4.69) is 10.1 Å². The maximum absolute atomic E-state index is 6.06. The zero-order valence-corrected chi connectivity index (χ0v) is 9.07. The fourth-order valence-electron chi connectivity index (χ4n) is 1.38. The SMILES string of the molecule is Cc1nc(CN)nn1-c1ccccc1Cl. The number of rotatable bonds is 2. The number of para-hydroxylation sites is 1. The van der Waals surface area contributed by atoms with E-state index in [1.54, 1.807) is 4.68 Å². The Labute approximate surface area is 92.7 Å². The van der Waals surface area contributed by atoms with Crippen LogP contribution in [0.5, 0.6) is 0 Å². The number of aryl methyl sites for hydroxylation is 1. The summed E-state index contributed by atoms with van der Waals surface area (Å²) in [4.78, 5) is 4.21. The van der Waals surface area contributed by atoms with Gasteiger partial charge in [0.2, 0.25) is 0 Å². The summed E-state index contributed by atoms with van der Waals surface area (Å²) in [7, 11) is 0. The second-order valence-electron chi connectivity index (χ2n) is 3.14. The first-order chi connectivity index (χ1) is 7.22. The van der Waals surface area contributed by atoms with Crippen molar-refractivity contribution in [1.29, 1.82) is 0 Å². The Morgan fingerprint density at radius 2 is 2.13 bits per heavy atom. The first-order valence-corrected chi connectivity index (χ1v) is 4.97. The monoisotopic (exact) mass is 222 g/mol. The van der Waals surface area contributed by atoms with Gasteiger partial charge in [0.25, 0.3) is 0 Å². The minimum absolute atomic E-state index is 0.332. The van der Waals surface area contributed by atoms with E-state index in [0.717, 1.165) is 11.5 Å². The third-order valence-corrected chi connectivity index (χ3v) is 2.40. The van der Waals surface area contributed by atoms with Crippen LogP contribution in [0.1, 0.15) is 11.6 Å². The van der Waals surface area contributed by atoms with Crippen LogP contribution in [0.4, 0.5) is 0 Å². The van der Waals surface area contributed by atoms with E-state index in [1.807, 2.05) is 31.2 Å². The first-order valence-electron chi connectivity index (χ1n) is 4.60. The van der Waals surface area contributed by atoms with Crippen molar-refractivity contribution in [3.8, 4) is 5.69 Å². The van der Waals surface area contributed by atoms with Gasteiger partial charge < -0.3 is 5.73 Å². The Morgan fingerprint density at radius 1 is 1.40 bits per heavy atom. The van der Waals surface area contributed by atoms with Gasteiger partial charge in [-0.1, -0.05) is 23.7 Å². The molecule has 78 valence electrons. The maximum atomic E-state index is 6.06. The van der Waals surface area contributed by atoms with Crippen molar-refractivity contribution in [3.63, 3.8) is 0 Å². The Hall–Kier alpha value is -1.39. The van der Waals surface area contributed by atoms with Crippen molar-refractivity contribution in [1.82, 2.24) is 14.8 Å². The molecule has 0 radical (unpaired) electrons. The van der Waals surface area contributed by atoms with E-state index in [9.17, 15) is 0 Å². The summed E-state index contributed by atoms with van der Waals surface area (Å²) >= 11 is 6.06. The Bertz CT molecular complexity index is 478. The fourth-order valence-corrected chi connectivity index (χ4v) is 1.60. The molecule has 1 aromatic heterocycles. The average molecular weight is 223 g/mol. The van der Waals surface area contributed by atoms with Crippen molar-refractivity contribution in [3.05, 3.63) is 40.9 Å². The Kier molecular flexibility index (Phi) is 2.70. The number of benzene rings is 1. The first kappa shape index (κ1) is 10.1. The summed E-state index contributed by atoms with van der Waals surface area (Å²) in [5.41, 5.74) is 6.30. The van der Waals surface area contributed by atoms with Gasteiger partial charge in [-0.05, 0) is 19.1 Å². The zero-order chi connectivity index (χ0) is 10.8. The van der Waals surface area contributed by atoms with Crippen LogP contribution in [0, 0.1) is 6.92 Å². The van der Waals surface area contributed by atoms with E-state index in [0.29, 0.717) is 17.4 Å². The van der Waals surface area contributed by atoms with Gasteiger partial charge in [0.1, 0.15) is 5.82 Å². The Balaban J connectivity index is 2.54. The van der Waals surface area contributed by atoms with E-state index >= 15 is 0 Å². The van der Waals surface area contributed by atoms with E-state index in [-0.39, 0.29) is 0 Å². The molecule has 0 amide bonds. The molecule has 0 aliphatic heterocycles. The van der Waals surface area contributed by atoms with Crippen LogP contribution in [0.15, 0.2) is 24.3 Å². The molecule has 4 nitrogen and oxygen atoms in total. The predicted octanol–water partition coefficient (Wildman–Crippen LogP) is 1.69. The molecule has 0 unspecified atom stereocenters. The smallest absolute Gasteiger partial charge is 0.164 e. The molecule has 0 atom stereocenters. The molecule has 0 saturated heterocycles. The molecule has 2 rings (SSSR count). The lowest BCUT2D eigenvalue weighted by Gasteiger charge is -2.04. The van der Waals surface area contributed by atoms with Crippen LogP contribution in [0.2, 0.25) is 5.02 Å². The van der Waals surface area contributed by atoms with Crippen LogP contribution in [0.3, 0.4) is 0 Å². The molecular weight excluding hydrogens is 212 g/mol. The summed E-state index contributed by atoms with van der Waals surface area (Å²) < 4.78 is 1.70. The molecule has 0 aliphatic carbocycles. The van der Waals surface area contributed by atoms with Crippen LogP contribution >= 0.6 is 11.6 Å². The molecule has 0 bridgehead atoms. The van der Waals surface area contributed by atoms with Gasteiger partial charge in [-0.25, -0.2) is 9.67 Å². The average Bonchev–Trinajstić information content (AvgIpc) is 2.60. The number of hydrogen-bond donors (Lipinski definition) is 1. The fraction of sp³-hybridized carbons (Fsp3) is 0.200. The molecule has 5 heteroatoms. The molecule has 0 fully saturated rings. The van der Waals surface area contributed by atoms with Crippen LogP contribution in [-0.4, -0.2) is 14.8 Å². The van der Waals surface area contributed by atoms with Gasteiger partial charge in [-0.15, -0.1) is 5.10 Å². The van der Waals surface area contributed by atoms with E-state index in [1.165, 1.54) is 0 Å². The second-order valence-corrected chi connectivity index (χ2v) is 3.55. The highest BCUT2D eigenvalue weighted by Crippen LogP contribution is 2.19. The number of halogens is 1. The highest BCUT2D eigenvalue weighted by molar-refractivity contribution is 6.32. The summed E-state index contributed by atoms with van der Waals surface area (Å²) in [6.45, 7) is 2.20. The minimum atomic E-state index is 0.332.